The second-order valence-corrected chi connectivity index (χ2v) is 16.5. The van der Waals surface area contributed by atoms with Crippen molar-refractivity contribution in [3.8, 4) is 0 Å². The fraction of sp³-hybridized carbons (Fsp3) is 0.500. The largest absolute Gasteiger partial charge is 0.490 e. The third-order valence-electron chi connectivity index (χ3n) is 8.06. The van der Waals surface area contributed by atoms with E-state index in [1.165, 1.54) is 28.6 Å². The van der Waals surface area contributed by atoms with Gasteiger partial charge in [-0.15, -0.1) is 6.58 Å². The number of aromatic nitrogens is 8. The van der Waals surface area contributed by atoms with Crippen LogP contribution in [0.15, 0.2) is 34.9 Å². The molecule has 0 spiro atoms. The molecule has 6 rings (SSSR count). The van der Waals surface area contributed by atoms with E-state index >= 15 is 0 Å². The van der Waals surface area contributed by atoms with Crippen LogP contribution in [0.3, 0.4) is 0 Å². The van der Waals surface area contributed by atoms with Crippen LogP contribution in [0.5, 0.6) is 0 Å². The molecule has 0 amide bonds. The van der Waals surface area contributed by atoms with E-state index in [0.717, 1.165) is 10.9 Å². The van der Waals surface area contributed by atoms with E-state index in [4.69, 9.17) is 30.2 Å². The summed E-state index contributed by atoms with van der Waals surface area (Å²) in [5.41, 5.74) is 9.67. The summed E-state index contributed by atoms with van der Waals surface area (Å²) < 4.78 is 75.9. The number of nitrogens with two attached hydrogens (primary N) is 2. The zero-order valence-corrected chi connectivity index (χ0v) is 30.6. The maximum Gasteiger partial charge on any atom is 0.490 e. The first kappa shape index (κ1) is 40.9. The van der Waals surface area contributed by atoms with Gasteiger partial charge in [0.1, 0.15) is 36.6 Å². The summed E-state index contributed by atoms with van der Waals surface area (Å²) >= 11 is 0. The molecule has 55 heavy (non-hydrogen) atoms. The number of ether oxygens (including phenoxy) is 3. The average molecular weight is 844 g/mol. The Labute approximate surface area is 305 Å². The lowest BCUT2D eigenvalue weighted by Gasteiger charge is -2.21. The Hall–Kier alpha value is -3.79. The van der Waals surface area contributed by atoms with Gasteiger partial charge in [-0.05, 0) is 0 Å². The van der Waals surface area contributed by atoms with Gasteiger partial charge in [0, 0.05) is 0 Å². The van der Waals surface area contributed by atoms with E-state index in [2.05, 4.69) is 44.6 Å². The number of aliphatic hydroxyl groups is 3. The third-order valence-corrected chi connectivity index (χ3v) is 12.3. The Bertz CT molecular complexity index is 2370. The molecule has 2 saturated heterocycles. The Morgan fingerprint density at radius 3 is 2.16 bits per heavy atom. The van der Waals surface area contributed by atoms with Crippen molar-refractivity contribution in [2.24, 2.45) is 7.05 Å². The maximum atomic E-state index is 12.7. The second kappa shape index (κ2) is 15.3. The van der Waals surface area contributed by atoms with Gasteiger partial charge < -0.3 is 55.7 Å². The highest BCUT2D eigenvalue weighted by atomic mass is 31.3. The van der Waals surface area contributed by atoms with Gasteiger partial charge >= 0.3 is 29.1 Å². The number of nitrogens with one attached hydrogen (secondary N) is 2. The van der Waals surface area contributed by atoms with Crippen molar-refractivity contribution in [3.63, 3.8) is 0 Å². The number of aliphatic hydroxyl groups excluding tert-OH is 3. The normalized spacial score (nSPS) is 29.0. The summed E-state index contributed by atoms with van der Waals surface area (Å²) in [6, 6.07) is 0. The van der Waals surface area contributed by atoms with Crippen LogP contribution in [-0.4, -0.2) is 120 Å². The maximum absolute atomic E-state index is 12.7. The van der Waals surface area contributed by atoms with Crippen LogP contribution in [0.2, 0.25) is 0 Å². The number of hydrogen-bond donors (Lipinski definition) is 10. The Balaban J connectivity index is 1.07. The van der Waals surface area contributed by atoms with Crippen molar-refractivity contribution in [3.05, 3.63) is 46.0 Å². The molecular weight excluding hydrogens is 809 g/mol. The van der Waals surface area contributed by atoms with Gasteiger partial charge in [-0.3, -0.25) is 37.7 Å². The van der Waals surface area contributed by atoms with E-state index in [1.54, 1.807) is 0 Å². The molecule has 2 aliphatic rings. The number of aromatic amines is 2. The molecule has 2 fully saturated rings. The predicted molar refractivity (Wildman–Crippen MR) is 178 cm³/mol. The van der Waals surface area contributed by atoms with Crippen molar-refractivity contribution < 1.29 is 80.1 Å². The highest BCUT2D eigenvalue weighted by Crippen LogP contribution is 2.67. The molecule has 6 heterocycles. The molecule has 2 aliphatic heterocycles. The number of nitrogen functional groups attached to an aromatic ring is 2. The van der Waals surface area contributed by atoms with Crippen molar-refractivity contribution in [2.45, 2.75) is 49.1 Å². The first-order chi connectivity index (χ1) is 25.7. The van der Waals surface area contributed by atoms with Gasteiger partial charge in [-0.25, -0.2) is 23.2 Å². The Kier molecular flexibility index (Phi) is 11.4. The van der Waals surface area contributed by atoms with Gasteiger partial charge in [0.25, 0.3) is 17.1 Å². The van der Waals surface area contributed by atoms with Crippen LogP contribution in [0.4, 0.5) is 11.9 Å². The summed E-state index contributed by atoms with van der Waals surface area (Å²) in [6.07, 6.45) is -8.56. The van der Waals surface area contributed by atoms with Gasteiger partial charge in [0.05, 0.1) is 33.2 Å². The van der Waals surface area contributed by atoms with E-state index in [0.29, 0.717) is 0 Å². The molecule has 31 heteroatoms. The smallest absolute Gasteiger partial charge is 0.387 e. The summed E-state index contributed by atoms with van der Waals surface area (Å²) in [5.74, 6) is -0.550. The van der Waals surface area contributed by atoms with E-state index in [-0.39, 0.29) is 40.8 Å². The number of anilines is 2. The lowest BCUT2D eigenvalue weighted by atomic mass is 10.1. The van der Waals surface area contributed by atoms with Gasteiger partial charge in [0.2, 0.25) is 17.7 Å². The first-order valence-electron chi connectivity index (χ1n) is 15.5. The van der Waals surface area contributed by atoms with Gasteiger partial charge in [-0.2, -0.15) is 13.6 Å². The van der Waals surface area contributed by atoms with Crippen LogP contribution in [0.25, 0.3) is 22.3 Å². The van der Waals surface area contributed by atoms with Crippen LogP contribution in [0.1, 0.15) is 12.5 Å². The monoisotopic (exact) mass is 843 g/mol. The molecule has 0 aliphatic carbocycles. The molecule has 0 bridgehead atoms. The van der Waals surface area contributed by atoms with Crippen LogP contribution in [0, 0.1) is 0 Å². The lowest BCUT2D eigenvalue weighted by molar-refractivity contribution is -0.745. The average Bonchev–Trinajstić information content (AvgIpc) is 3.80. The summed E-state index contributed by atoms with van der Waals surface area (Å²) in [7, 11) is -15.9. The number of phosphoric ester groups is 2. The minimum Gasteiger partial charge on any atom is -0.387 e. The zero-order valence-electron chi connectivity index (χ0n) is 27.9. The number of aryl methyl sites for hydroxylation is 1. The quantitative estimate of drug-likeness (QED) is 0.0318. The highest BCUT2D eigenvalue weighted by Gasteiger charge is 2.50. The standard InChI is InChI=1S/C24H33N10O18P3/c1-3-4-46-16-14(36)10(50-22(16)33-7-27-11-17(33)28-23(25)30-19(11)38)6-48-54(42,43)52-55(44,45)51-53(40,41)47-5-9-13(35)15(37)21(49-9)34-8-32(2)12-18(34)29-24(26)31-20(12)39/h3,7-10,13-16,21-22,35-37H,1,4-6H2,2H3,(H8-,25,26,28,29,30,31,38,39,40,41,42,43,44,45)/p+1/t9-,10-,13?,14?,15+,16+,21-,22-/m1/s1. The van der Waals surface area contributed by atoms with Crippen LogP contribution in [-0.2, 0) is 52.6 Å². The SMILES string of the molecule is C=CCO[C@H]1C(O)[C@@H](COP(=O)(O)OP(=O)(O)OP(=O)(O)OC[C@H]2O[C@@H]([n+]3cn(C)c4c(=O)[nH]c(N)nc43)[C@@H](O)C2O)O[C@H]1n1cnc2c(=O)[nH]c(N)nc21. The van der Waals surface area contributed by atoms with Crippen LogP contribution < -0.4 is 27.2 Å². The van der Waals surface area contributed by atoms with Crippen molar-refractivity contribution in [1.29, 1.82) is 0 Å². The minimum atomic E-state index is -6.00. The summed E-state index contributed by atoms with van der Waals surface area (Å²) in [5, 5.41) is 32.1. The number of H-pyrrole nitrogens is 2. The number of fused-ring (bicyclic) bond motifs is 2. The molecule has 302 valence electrons. The Morgan fingerprint density at radius 2 is 1.53 bits per heavy atom. The molecule has 0 radical (unpaired) electrons. The lowest BCUT2D eigenvalue weighted by Crippen LogP contribution is -2.46. The van der Waals surface area contributed by atoms with Crippen molar-refractivity contribution >= 4 is 57.7 Å². The minimum absolute atomic E-state index is 0.0137. The molecule has 0 saturated carbocycles. The summed E-state index contributed by atoms with van der Waals surface area (Å²) in [4.78, 5) is 71.5. The number of rotatable bonds is 15. The number of imidazole rings is 2. The molecule has 5 unspecified atom stereocenters. The van der Waals surface area contributed by atoms with Gasteiger partial charge in [-0.1, -0.05) is 11.1 Å². The van der Waals surface area contributed by atoms with Crippen molar-refractivity contribution in [2.75, 3.05) is 31.3 Å². The summed E-state index contributed by atoms with van der Waals surface area (Å²) in [6.45, 7) is 1.29. The molecule has 4 aromatic heterocycles. The number of nitrogens with zero attached hydrogens (tertiary/aromatic N) is 6. The van der Waals surface area contributed by atoms with E-state index < -0.39 is 96.9 Å². The highest BCUT2D eigenvalue weighted by molar-refractivity contribution is 7.66. The van der Waals surface area contributed by atoms with Crippen LogP contribution >= 0.6 is 23.5 Å². The number of phosphoric acid groups is 3. The zero-order chi connectivity index (χ0) is 40.2. The molecule has 12 N–H and O–H groups in total. The molecular formula is C24H34N10O18P3+. The predicted octanol–water partition coefficient (Wildman–Crippen LogP) is -3.34. The molecule has 4 aromatic rings. The van der Waals surface area contributed by atoms with E-state index in [1.807, 2.05) is 0 Å². The topological polar surface area (TPSA) is 407 Å². The second-order valence-electron chi connectivity index (χ2n) is 11.9. The molecule has 0 aromatic carbocycles. The molecule has 28 nitrogen and oxygen atoms in total. The van der Waals surface area contributed by atoms with E-state index in [9.17, 15) is 53.3 Å². The Morgan fingerprint density at radius 1 is 0.927 bits per heavy atom. The fourth-order valence-corrected chi connectivity index (χ4v) is 9.30. The first-order valence-corrected chi connectivity index (χ1v) is 20.0. The third kappa shape index (κ3) is 8.49. The van der Waals surface area contributed by atoms with Gasteiger partial charge in [0.15, 0.2) is 23.7 Å². The van der Waals surface area contributed by atoms with Crippen molar-refractivity contribution in [1.82, 2.24) is 34.1 Å². The fourth-order valence-electron chi connectivity index (χ4n) is 5.78. The molecule has 11 atom stereocenters. The number of hydrogen-bond acceptors (Lipinski definition) is 20.